The van der Waals surface area contributed by atoms with Gasteiger partial charge in [0.05, 0.1) is 12.2 Å². The Balaban J connectivity index is 1.76. The van der Waals surface area contributed by atoms with Crippen LogP contribution in [0.2, 0.25) is 0 Å². The lowest BCUT2D eigenvalue weighted by Gasteiger charge is -2.35. The summed E-state index contributed by atoms with van der Waals surface area (Å²) in [6.45, 7) is 6.68. The summed E-state index contributed by atoms with van der Waals surface area (Å²) in [5.41, 5.74) is 0.539. The largest absolute Gasteiger partial charge is 0.490 e. The van der Waals surface area contributed by atoms with Gasteiger partial charge in [0.1, 0.15) is 18.5 Å². The lowest BCUT2D eigenvalue weighted by atomic mass is 10.1. The molecule has 1 aliphatic heterocycles. The number of rotatable bonds is 8. The third-order valence-electron chi connectivity index (χ3n) is 4.05. The minimum Gasteiger partial charge on any atom is -0.490 e. The molecule has 1 aliphatic rings. The maximum Gasteiger partial charge on any atom is 0.163 e. The number of nitrogens with zero attached hydrogens (tertiary/aromatic N) is 2. The molecule has 0 spiro atoms. The first-order valence-electron chi connectivity index (χ1n) is 8.06. The van der Waals surface area contributed by atoms with Crippen LogP contribution in [-0.4, -0.2) is 84.4 Å². The molecule has 1 fully saturated rings. The fourth-order valence-corrected chi connectivity index (χ4v) is 2.76. The van der Waals surface area contributed by atoms with Crippen molar-refractivity contribution in [3.05, 3.63) is 29.8 Å². The summed E-state index contributed by atoms with van der Waals surface area (Å²) in [5.74, 6) is 0.474. The molecule has 1 aromatic rings. The highest BCUT2D eigenvalue weighted by molar-refractivity contribution is 5.96. The van der Waals surface area contributed by atoms with Gasteiger partial charge in [-0.3, -0.25) is 14.6 Å². The zero-order valence-electron chi connectivity index (χ0n) is 13.6. The first-order chi connectivity index (χ1) is 11.1. The average molecular weight is 322 g/mol. The van der Waals surface area contributed by atoms with Gasteiger partial charge in [0.2, 0.25) is 0 Å². The number of carbonyl (C=O) groups excluding carboxylic acids is 1. The van der Waals surface area contributed by atoms with E-state index < -0.39 is 6.10 Å². The molecule has 0 aromatic heterocycles. The SMILES string of the molecule is CC(=O)c1ccccc1OC[C@H](O)CN1CCN(CCO)CC1. The van der Waals surface area contributed by atoms with E-state index in [2.05, 4.69) is 9.80 Å². The Labute approximate surface area is 137 Å². The van der Waals surface area contributed by atoms with E-state index >= 15 is 0 Å². The molecule has 23 heavy (non-hydrogen) atoms. The van der Waals surface area contributed by atoms with Crippen LogP contribution in [0.3, 0.4) is 0 Å². The van der Waals surface area contributed by atoms with E-state index in [9.17, 15) is 9.90 Å². The van der Waals surface area contributed by atoms with Gasteiger partial charge >= 0.3 is 0 Å². The van der Waals surface area contributed by atoms with Crippen LogP contribution in [0, 0.1) is 0 Å². The van der Waals surface area contributed by atoms with Crippen LogP contribution in [0.15, 0.2) is 24.3 Å². The van der Waals surface area contributed by atoms with Crippen molar-refractivity contribution >= 4 is 5.78 Å². The lowest BCUT2D eigenvalue weighted by Crippen LogP contribution is -2.49. The van der Waals surface area contributed by atoms with Gasteiger partial charge in [-0.25, -0.2) is 0 Å². The van der Waals surface area contributed by atoms with Crippen molar-refractivity contribution in [1.82, 2.24) is 9.80 Å². The Morgan fingerprint density at radius 1 is 1.22 bits per heavy atom. The fraction of sp³-hybridized carbons (Fsp3) is 0.588. The van der Waals surface area contributed by atoms with Gasteiger partial charge in [-0.15, -0.1) is 0 Å². The second-order valence-electron chi connectivity index (χ2n) is 5.88. The summed E-state index contributed by atoms with van der Waals surface area (Å²) in [4.78, 5) is 15.9. The Morgan fingerprint density at radius 2 is 1.87 bits per heavy atom. The average Bonchev–Trinajstić information content (AvgIpc) is 2.55. The number of aliphatic hydroxyl groups excluding tert-OH is 2. The molecule has 0 bridgehead atoms. The Bertz CT molecular complexity index is 501. The number of hydrogen-bond donors (Lipinski definition) is 2. The van der Waals surface area contributed by atoms with Crippen molar-refractivity contribution in [2.45, 2.75) is 13.0 Å². The van der Waals surface area contributed by atoms with E-state index in [0.29, 0.717) is 24.4 Å². The molecule has 0 amide bonds. The first kappa shape index (κ1) is 17.9. The lowest BCUT2D eigenvalue weighted by molar-refractivity contribution is 0.0426. The van der Waals surface area contributed by atoms with E-state index in [-0.39, 0.29) is 19.0 Å². The molecule has 0 unspecified atom stereocenters. The number of β-amino-alcohol motifs (C(OH)–C–C–N with tert-alkyl or cyclic N) is 2. The van der Waals surface area contributed by atoms with Gasteiger partial charge in [0.15, 0.2) is 5.78 Å². The number of para-hydroxylation sites is 1. The molecule has 2 N–H and O–H groups in total. The van der Waals surface area contributed by atoms with Gasteiger partial charge in [-0.05, 0) is 19.1 Å². The van der Waals surface area contributed by atoms with Crippen LogP contribution >= 0.6 is 0 Å². The van der Waals surface area contributed by atoms with Gasteiger partial charge in [0, 0.05) is 39.3 Å². The standard InChI is InChI=1S/C17H26N2O4/c1-14(21)16-4-2-3-5-17(16)23-13-15(22)12-19-8-6-18(7-9-19)10-11-20/h2-5,15,20,22H,6-13H2,1H3/t15-/m1/s1. The van der Waals surface area contributed by atoms with Gasteiger partial charge in [-0.2, -0.15) is 0 Å². The van der Waals surface area contributed by atoms with E-state index in [1.165, 1.54) is 6.92 Å². The Kier molecular flexibility index (Phi) is 6.98. The number of piperazine rings is 1. The molecule has 6 nitrogen and oxygen atoms in total. The molecule has 1 saturated heterocycles. The molecule has 0 radical (unpaired) electrons. The smallest absolute Gasteiger partial charge is 0.163 e. The van der Waals surface area contributed by atoms with Gasteiger partial charge in [0.25, 0.3) is 0 Å². The summed E-state index contributed by atoms with van der Waals surface area (Å²) < 4.78 is 5.62. The maximum atomic E-state index is 11.5. The second kappa shape index (κ2) is 8.98. The minimum atomic E-state index is -0.598. The number of ether oxygens (including phenoxy) is 1. The predicted octanol–water partition coefficient (Wildman–Crippen LogP) is 0.239. The number of benzene rings is 1. The molecule has 1 aromatic carbocycles. The molecule has 1 heterocycles. The van der Waals surface area contributed by atoms with Crippen LogP contribution in [0.25, 0.3) is 0 Å². The van der Waals surface area contributed by atoms with E-state index in [4.69, 9.17) is 9.84 Å². The van der Waals surface area contributed by atoms with Crippen LogP contribution in [0.4, 0.5) is 0 Å². The van der Waals surface area contributed by atoms with E-state index in [0.717, 1.165) is 26.2 Å². The van der Waals surface area contributed by atoms with Crippen LogP contribution < -0.4 is 4.74 Å². The third-order valence-corrected chi connectivity index (χ3v) is 4.05. The third kappa shape index (κ3) is 5.58. The number of carbonyl (C=O) groups is 1. The highest BCUT2D eigenvalue weighted by Gasteiger charge is 2.19. The van der Waals surface area contributed by atoms with Crippen LogP contribution in [-0.2, 0) is 0 Å². The monoisotopic (exact) mass is 322 g/mol. The molecule has 128 valence electrons. The van der Waals surface area contributed by atoms with Gasteiger partial charge in [-0.1, -0.05) is 12.1 Å². The molecule has 6 heteroatoms. The molecule has 0 saturated carbocycles. The van der Waals surface area contributed by atoms with Crippen molar-refractivity contribution < 1.29 is 19.7 Å². The molecule has 1 atom stereocenters. The zero-order valence-corrected chi connectivity index (χ0v) is 13.6. The summed E-state index contributed by atoms with van der Waals surface area (Å²) in [5, 5.41) is 19.1. The molecular formula is C17H26N2O4. The van der Waals surface area contributed by atoms with Gasteiger partial charge < -0.3 is 14.9 Å². The highest BCUT2D eigenvalue weighted by atomic mass is 16.5. The quantitative estimate of drug-likeness (QED) is 0.668. The summed E-state index contributed by atoms with van der Waals surface area (Å²) in [7, 11) is 0. The van der Waals surface area contributed by atoms with Crippen molar-refractivity contribution in [3.8, 4) is 5.75 Å². The van der Waals surface area contributed by atoms with Crippen LogP contribution in [0.5, 0.6) is 5.75 Å². The molecular weight excluding hydrogens is 296 g/mol. The highest BCUT2D eigenvalue weighted by Crippen LogP contribution is 2.18. The second-order valence-corrected chi connectivity index (χ2v) is 5.88. The normalized spacial score (nSPS) is 17.9. The Morgan fingerprint density at radius 3 is 2.52 bits per heavy atom. The summed E-state index contributed by atoms with van der Waals surface area (Å²) in [6.07, 6.45) is -0.598. The minimum absolute atomic E-state index is 0.0462. The summed E-state index contributed by atoms with van der Waals surface area (Å²) >= 11 is 0. The number of Topliss-reactive ketones (excluding diaryl/α,β-unsaturated/α-hetero) is 1. The first-order valence-corrected chi connectivity index (χ1v) is 8.06. The van der Waals surface area contributed by atoms with Crippen molar-refractivity contribution in [2.24, 2.45) is 0 Å². The Hall–Kier alpha value is -1.47. The van der Waals surface area contributed by atoms with Crippen molar-refractivity contribution in [3.63, 3.8) is 0 Å². The van der Waals surface area contributed by atoms with E-state index in [1.807, 2.05) is 6.07 Å². The van der Waals surface area contributed by atoms with E-state index in [1.54, 1.807) is 18.2 Å². The van der Waals surface area contributed by atoms with Crippen molar-refractivity contribution in [1.29, 1.82) is 0 Å². The zero-order chi connectivity index (χ0) is 16.7. The van der Waals surface area contributed by atoms with Crippen molar-refractivity contribution in [2.75, 3.05) is 52.5 Å². The predicted molar refractivity (Wildman–Crippen MR) is 87.9 cm³/mol. The van der Waals surface area contributed by atoms with Crippen LogP contribution in [0.1, 0.15) is 17.3 Å². The fourth-order valence-electron chi connectivity index (χ4n) is 2.76. The number of aliphatic hydroxyl groups is 2. The number of ketones is 1. The molecule has 2 rings (SSSR count). The summed E-state index contributed by atoms with van der Waals surface area (Å²) in [6, 6.07) is 7.09. The maximum absolute atomic E-state index is 11.5. The topological polar surface area (TPSA) is 73.2 Å². The number of hydrogen-bond acceptors (Lipinski definition) is 6. The molecule has 0 aliphatic carbocycles.